The summed E-state index contributed by atoms with van der Waals surface area (Å²) in [5.41, 5.74) is 7.65. The first-order valence-corrected chi connectivity index (χ1v) is 5.81. The van der Waals surface area contributed by atoms with E-state index < -0.39 is 11.6 Å². The maximum Gasteiger partial charge on any atom is 0.150 e. The SMILES string of the molecule is NCc1ccc2c(c1)ncn2-c1c(F)cccc1F. The molecule has 0 fully saturated rings. The minimum atomic E-state index is -0.623. The topological polar surface area (TPSA) is 43.8 Å². The number of hydrogen-bond donors (Lipinski definition) is 1. The molecule has 5 heteroatoms. The molecule has 0 saturated carbocycles. The second-order valence-corrected chi connectivity index (χ2v) is 4.21. The lowest BCUT2D eigenvalue weighted by molar-refractivity contribution is 0.571. The Balaban J connectivity index is 2.26. The average Bonchev–Trinajstić information content (AvgIpc) is 2.81. The van der Waals surface area contributed by atoms with Crippen molar-refractivity contribution in [2.45, 2.75) is 6.54 Å². The summed E-state index contributed by atoms with van der Waals surface area (Å²) >= 11 is 0. The highest BCUT2D eigenvalue weighted by Crippen LogP contribution is 2.23. The molecule has 1 aromatic heterocycles. The highest BCUT2D eigenvalue weighted by Gasteiger charge is 2.13. The third-order valence-electron chi connectivity index (χ3n) is 3.03. The van der Waals surface area contributed by atoms with Crippen molar-refractivity contribution in [2.24, 2.45) is 5.73 Å². The monoisotopic (exact) mass is 259 g/mol. The van der Waals surface area contributed by atoms with Crippen LogP contribution >= 0.6 is 0 Å². The number of imidazole rings is 1. The predicted octanol–water partition coefficient (Wildman–Crippen LogP) is 2.76. The molecule has 19 heavy (non-hydrogen) atoms. The Morgan fingerprint density at radius 1 is 1.11 bits per heavy atom. The molecule has 0 unspecified atom stereocenters. The van der Waals surface area contributed by atoms with Crippen molar-refractivity contribution in [3.8, 4) is 5.69 Å². The van der Waals surface area contributed by atoms with E-state index in [1.54, 1.807) is 6.07 Å². The molecular weight excluding hydrogens is 248 g/mol. The summed E-state index contributed by atoms with van der Waals surface area (Å²) < 4.78 is 29.0. The van der Waals surface area contributed by atoms with Crippen LogP contribution < -0.4 is 5.73 Å². The molecule has 0 bridgehead atoms. The van der Waals surface area contributed by atoms with Gasteiger partial charge in [-0.15, -0.1) is 0 Å². The first-order chi connectivity index (χ1) is 9.20. The van der Waals surface area contributed by atoms with E-state index in [0.29, 0.717) is 17.6 Å². The molecule has 1 heterocycles. The predicted molar refractivity (Wildman–Crippen MR) is 68.9 cm³/mol. The zero-order chi connectivity index (χ0) is 13.4. The summed E-state index contributed by atoms with van der Waals surface area (Å²) in [7, 11) is 0. The van der Waals surface area contributed by atoms with Crippen molar-refractivity contribution in [1.29, 1.82) is 0 Å². The van der Waals surface area contributed by atoms with Gasteiger partial charge in [0, 0.05) is 6.54 Å². The molecule has 0 aliphatic carbocycles. The van der Waals surface area contributed by atoms with Crippen LogP contribution in [0.2, 0.25) is 0 Å². The van der Waals surface area contributed by atoms with Crippen molar-refractivity contribution < 1.29 is 8.78 Å². The summed E-state index contributed by atoms with van der Waals surface area (Å²) in [5, 5.41) is 0. The highest BCUT2D eigenvalue weighted by molar-refractivity contribution is 5.78. The van der Waals surface area contributed by atoms with Gasteiger partial charge in [-0.1, -0.05) is 12.1 Å². The zero-order valence-corrected chi connectivity index (χ0v) is 9.98. The van der Waals surface area contributed by atoms with E-state index in [1.165, 1.54) is 29.1 Å². The van der Waals surface area contributed by atoms with Gasteiger partial charge >= 0.3 is 0 Å². The van der Waals surface area contributed by atoms with Gasteiger partial charge in [0.1, 0.15) is 23.6 Å². The molecule has 0 aliphatic heterocycles. The number of hydrogen-bond acceptors (Lipinski definition) is 2. The Hall–Kier alpha value is -2.27. The quantitative estimate of drug-likeness (QED) is 0.769. The van der Waals surface area contributed by atoms with E-state index in [9.17, 15) is 8.78 Å². The molecule has 3 aromatic rings. The lowest BCUT2D eigenvalue weighted by Gasteiger charge is -2.07. The molecule has 3 rings (SSSR count). The lowest BCUT2D eigenvalue weighted by atomic mass is 10.2. The first-order valence-electron chi connectivity index (χ1n) is 5.81. The molecule has 0 radical (unpaired) electrons. The van der Waals surface area contributed by atoms with Crippen molar-refractivity contribution in [2.75, 3.05) is 0 Å². The number of nitrogens with zero attached hydrogens (tertiary/aromatic N) is 2. The number of rotatable bonds is 2. The van der Waals surface area contributed by atoms with Crippen LogP contribution in [-0.2, 0) is 6.54 Å². The largest absolute Gasteiger partial charge is 0.326 e. The fourth-order valence-corrected chi connectivity index (χ4v) is 2.08. The van der Waals surface area contributed by atoms with Crippen LogP contribution in [0.3, 0.4) is 0 Å². The van der Waals surface area contributed by atoms with E-state index in [2.05, 4.69) is 4.98 Å². The number of para-hydroxylation sites is 1. The maximum absolute atomic E-state index is 13.8. The van der Waals surface area contributed by atoms with Crippen LogP contribution in [0, 0.1) is 11.6 Å². The third-order valence-corrected chi connectivity index (χ3v) is 3.03. The molecule has 0 amide bonds. The number of benzene rings is 2. The minimum Gasteiger partial charge on any atom is -0.326 e. The second-order valence-electron chi connectivity index (χ2n) is 4.21. The molecule has 96 valence electrons. The van der Waals surface area contributed by atoms with Gasteiger partial charge in [0.25, 0.3) is 0 Å². The Morgan fingerprint density at radius 2 is 1.84 bits per heavy atom. The summed E-state index contributed by atoms with van der Waals surface area (Å²) in [5.74, 6) is -1.25. The van der Waals surface area contributed by atoms with Crippen molar-refractivity contribution >= 4 is 11.0 Å². The van der Waals surface area contributed by atoms with Crippen LogP contribution in [0.15, 0.2) is 42.7 Å². The molecule has 0 aliphatic rings. The third kappa shape index (κ3) is 1.88. The Morgan fingerprint density at radius 3 is 2.53 bits per heavy atom. The van der Waals surface area contributed by atoms with Crippen LogP contribution in [0.1, 0.15) is 5.56 Å². The summed E-state index contributed by atoms with van der Waals surface area (Å²) in [6, 6.07) is 9.16. The van der Waals surface area contributed by atoms with Gasteiger partial charge in [0.15, 0.2) is 0 Å². The Labute approximate surface area is 108 Å². The van der Waals surface area contributed by atoms with Gasteiger partial charge in [0.05, 0.1) is 11.0 Å². The van der Waals surface area contributed by atoms with Crippen LogP contribution in [0.4, 0.5) is 8.78 Å². The van der Waals surface area contributed by atoms with Gasteiger partial charge in [0.2, 0.25) is 0 Å². The molecular formula is C14H11F2N3. The van der Waals surface area contributed by atoms with E-state index in [4.69, 9.17) is 5.73 Å². The van der Waals surface area contributed by atoms with Crippen LogP contribution in [0.25, 0.3) is 16.7 Å². The van der Waals surface area contributed by atoms with Crippen molar-refractivity contribution in [1.82, 2.24) is 9.55 Å². The van der Waals surface area contributed by atoms with E-state index >= 15 is 0 Å². The molecule has 0 saturated heterocycles. The fraction of sp³-hybridized carbons (Fsp3) is 0.0714. The van der Waals surface area contributed by atoms with E-state index in [0.717, 1.165) is 5.56 Å². The molecule has 2 aromatic carbocycles. The molecule has 3 nitrogen and oxygen atoms in total. The second kappa shape index (κ2) is 4.44. The molecule has 0 atom stereocenters. The van der Waals surface area contributed by atoms with Gasteiger partial charge in [-0.2, -0.15) is 0 Å². The average molecular weight is 259 g/mol. The maximum atomic E-state index is 13.8. The summed E-state index contributed by atoms with van der Waals surface area (Å²) in [6.07, 6.45) is 1.41. The van der Waals surface area contributed by atoms with Gasteiger partial charge < -0.3 is 5.73 Å². The van der Waals surface area contributed by atoms with Gasteiger partial charge in [-0.25, -0.2) is 13.8 Å². The Bertz CT molecular complexity index is 729. The normalized spacial score (nSPS) is 11.1. The zero-order valence-electron chi connectivity index (χ0n) is 9.98. The van der Waals surface area contributed by atoms with Crippen molar-refractivity contribution in [3.05, 3.63) is 59.9 Å². The highest BCUT2D eigenvalue weighted by atomic mass is 19.1. The van der Waals surface area contributed by atoms with Crippen LogP contribution in [0.5, 0.6) is 0 Å². The summed E-state index contributed by atoms with van der Waals surface area (Å²) in [4.78, 5) is 4.16. The lowest BCUT2D eigenvalue weighted by Crippen LogP contribution is -2.00. The van der Waals surface area contributed by atoms with Gasteiger partial charge in [-0.3, -0.25) is 4.57 Å². The first kappa shape index (κ1) is 11.8. The van der Waals surface area contributed by atoms with Crippen molar-refractivity contribution in [3.63, 3.8) is 0 Å². The number of halogens is 2. The minimum absolute atomic E-state index is 0.120. The van der Waals surface area contributed by atoms with Crippen LogP contribution in [-0.4, -0.2) is 9.55 Å². The number of fused-ring (bicyclic) bond motifs is 1. The number of nitrogens with two attached hydrogens (primary N) is 1. The molecule has 0 spiro atoms. The smallest absolute Gasteiger partial charge is 0.150 e. The number of aromatic nitrogens is 2. The fourth-order valence-electron chi connectivity index (χ4n) is 2.08. The Kier molecular flexibility index (Phi) is 2.76. The standard InChI is InChI=1S/C14H11F2N3/c15-10-2-1-3-11(16)14(10)19-8-18-12-6-9(7-17)4-5-13(12)19/h1-6,8H,7,17H2. The summed E-state index contributed by atoms with van der Waals surface area (Å²) in [6.45, 7) is 0.400. The van der Waals surface area contributed by atoms with E-state index in [1.807, 2.05) is 12.1 Å². The van der Waals surface area contributed by atoms with E-state index in [-0.39, 0.29) is 5.69 Å². The molecule has 2 N–H and O–H groups in total. The van der Waals surface area contributed by atoms with Gasteiger partial charge in [-0.05, 0) is 29.8 Å².